The Morgan fingerprint density at radius 1 is 1.44 bits per heavy atom. The van der Waals surface area contributed by atoms with Gasteiger partial charge in [0.15, 0.2) is 0 Å². The maximum absolute atomic E-state index is 7.34. The standard InChI is InChI=1S/C6H11N3/c1-5-4-6(7)9(3)8(5)2/h7H,1,4H2,2-3H3. The maximum atomic E-state index is 7.34. The Balaban J connectivity index is 2.77. The lowest BCUT2D eigenvalue weighted by Gasteiger charge is -2.22. The van der Waals surface area contributed by atoms with E-state index in [0.717, 1.165) is 5.70 Å². The van der Waals surface area contributed by atoms with Crippen molar-refractivity contribution in [2.24, 2.45) is 0 Å². The van der Waals surface area contributed by atoms with Crippen molar-refractivity contribution in [1.29, 1.82) is 5.41 Å². The third kappa shape index (κ3) is 0.781. The fraction of sp³-hybridized carbons (Fsp3) is 0.500. The zero-order valence-corrected chi connectivity index (χ0v) is 5.81. The van der Waals surface area contributed by atoms with Crippen LogP contribution in [0, 0.1) is 5.41 Å². The summed E-state index contributed by atoms with van der Waals surface area (Å²) >= 11 is 0. The first-order valence-corrected chi connectivity index (χ1v) is 2.85. The topological polar surface area (TPSA) is 30.3 Å². The SMILES string of the molecule is C=C1CC(=N)N(C)N1C. The summed E-state index contributed by atoms with van der Waals surface area (Å²) in [4.78, 5) is 0. The van der Waals surface area contributed by atoms with Gasteiger partial charge < -0.3 is 0 Å². The largest absolute Gasteiger partial charge is 0.292 e. The quantitative estimate of drug-likeness (QED) is 0.515. The van der Waals surface area contributed by atoms with Crippen LogP contribution in [0.15, 0.2) is 12.3 Å². The Morgan fingerprint density at radius 2 is 2.00 bits per heavy atom. The number of nitrogens with zero attached hydrogens (tertiary/aromatic N) is 2. The van der Waals surface area contributed by atoms with Gasteiger partial charge in [-0.25, -0.2) is 0 Å². The van der Waals surface area contributed by atoms with Crippen molar-refractivity contribution < 1.29 is 0 Å². The van der Waals surface area contributed by atoms with Gasteiger partial charge in [-0.15, -0.1) is 0 Å². The van der Waals surface area contributed by atoms with Gasteiger partial charge in [0, 0.05) is 26.2 Å². The normalized spacial score (nSPS) is 19.8. The minimum absolute atomic E-state index is 0.613. The molecule has 0 aromatic rings. The average Bonchev–Trinajstić information content (AvgIpc) is 1.98. The van der Waals surface area contributed by atoms with Gasteiger partial charge in [-0.3, -0.25) is 15.4 Å². The summed E-state index contributed by atoms with van der Waals surface area (Å²) in [5.41, 5.74) is 0.988. The Labute approximate surface area is 55.0 Å². The van der Waals surface area contributed by atoms with Crippen molar-refractivity contribution >= 4 is 5.84 Å². The molecule has 0 spiro atoms. The zero-order chi connectivity index (χ0) is 7.02. The van der Waals surface area contributed by atoms with E-state index in [4.69, 9.17) is 5.41 Å². The molecule has 0 unspecified atom stereocenters. The second-order valence-electron chi connectivity index (χ2n) is 2.24. The van der Waals surface area contributed by atoms with Gasteiger partial charge in [0.25, 0.3) is 0 Å². The molecule has 9 heavy (non-hydrogen) atoms. The highest BCUT2D eigenvalue weighted by Crippen LogP contribution is 2.16. The molecule has 0 aromatic carbocycles. The predicted octanol–water partition coefficient (Wildman–Crippen LogP) is 0.660. The first-order chi connectivity index (χ1) is 4.13. The lowest BCUT2D eigenvalue weighted by molar-refractivity contribution is 0.179. The fourth-order valence-electron chi connectivity index (χ4n) is 0.815. The summed E-state index contributed by atoms with van der Waals surface area (Å²) in [6.07, 6.45) is 0.688. The number of hydrazine groups is 1. The number of amidine groups is 1. The van der Waals surface area contributed by atoms with Crippen LogP contribution in [-0.2, 0) is 0 Å². The van der Waals surface area contributed by atoms with E-state index in [1.54, 1.807) is 5.01 Å². The molecule has 0 saturated carbocycles. The number of hydrogen-bond acceptors (Lipinski definition) is 2. The molecule has 0 radical (unpaired) electrons. The van der Waals surface area contributed by atoms with E-state index in [0.29, 0.717) is 12.3 Å². The minimum Gasteiger partial charge on any atom is -0.292 e. The molecule has 0 bridgehead atoms. The summed E-state index contributed by atoms with van der Waals surface area (Å²) < 4.78 is 0. The summed E-state index contributed by atoms with van der Waals surface area (Å²) in [6, 6.07) is 0. The van der Waals surface area contributed by atoms with E-state index in [1.165, 1.54) is 0 Å². The summed E-state index contributed by atoms with van der Waals surface area (Å²) in [6.45, 7) is 3.78. The second-order valence-corrected chi connectivity index (χ2v) is 2.24. The summed E-state index contributed by atoms with van der Waals surface area (Å²) in [7, 11) is 3.77. The van der Waals surface area contributed by atoms with Crippen LogP contribution in [0.3, 0.4) is 0 Å². The molecule has 1 heterocycles. The van der Waals surface area contributed by atoms with Gasteiger partial charge in [0.2, 0.25) is 0 Å². The van der Waals surface area contributed by atoms with Crippen LogP contribution in [0.2, 0.25) is 0 Å². The Bertz CT molecular complexity index is 144. The molecular formula is C6H11N3. The Morgan fingerprint density at radius 3 is 2.11 bits per heavy atom. The number of rotatable bonds is 0. The first-order valence-electron chi connectivity index (χ1n) is 2.85. The highest BCUT2D eigenvalue weighted by molar-refractivity contribution is 5.83. The van der Waals surface area contributed by atoms with Crippen molar-refractivity contribution in [3.05, 3.63) is 12.3 Å². The van der Waals surface area contributed by atoms with Crippen molar-refractivity contribution in [1.82, 2.24) is 10.0 Å². The van der Waals surface area contributed by atoms with E-state index in [1.807, 2.05) is 19.1 Å². The molecule has 0 aromatic heterocycles. The zero-order valence-electron chi connectivity index (χ0n) is 5.81. The molecule has 1 aliphatic heterocycles. The number of hydrogen-bond donors (Lipinski definition) is 1. The molecule has 0 amide bonds. The maximum Gasteiger partial charge on any atom is 0.120 e. The molecule has 0 atom stereocenters. The fourth-order valence-corrected chi connectivity index (χ4v) is 0.815. The van der Waals surface area contributed by atoms with Crippen molar-refractivity contribution in [2.45, 2.75) is 6.42 Å². The molecule has 1 saturated heterocycles. The molecule has 0 aliphatic carbocycles. The van der Waals surface area contributed by atoms with Crippen LogP contribution < -0.4 is 0 Å². The van der Waals surface area contributed by atoms with Crippen LogP contribution in [0.5, 0.6) is 0 Å². The second kappa shape index (κ2) is 1.76. The molecule has 3 nitrogen and oxygen atoms in total. The van der Waals surface area contributed by atoms with Crippen molar-refractivity contribution in [2.75, 3.05) is 14.1 Å². The first kappa shape index (κ1) is 6.13. The molecule has 3 heteroatoms. The Kier molecular flexibility index (Phi) is 1.20. The molecule has 1 fully saturated rings. The Hall–Kier alpha value is -0.990. The lowest BCUT2D eigenvalue weighted by Crippen LogP contribution is -2.30. The van der Waals surface area contributed by atoms with Gasteiger partial charge in [-0.1, -0.05) is 6.58 Å². The molecular weight excluding hydrogens is 114 g/mol. The van der Waals surface area contributed by atoms with E-state index < -0.39 is 0 Å². The van der Waals surface area contributed by atoms with Crippen LogP contribution in [-0.4, -0.2) is 29.9 Å². The van der Waals surface area contributed by atoms with Crippen LogP contribution >= 0.6 is 0 Å². The van der Waals surface area contributed by atoms with Crippen molar-refractivity contribution in [3.8, 4) is 0 Å². The smallest absolute Gasteiger partial charge is 0.120 e. The van der Waals surface area contributed by atoms with E-state index in [9.17, 15) is 0 Å². The molecule has 1 aliphatic rings. The third-order valence-corrected chi connectivity index (χ3v) is 1.67. The summed E-state index contributed by atoms with van der Waals surface area (Å²) in [5.74, 6) is 0.613. The van der Waals surface area contributed by atoms with Crippen LogP contribution in [0.4, 0.5) is 0 Å². The highest BCUT2D eigenvalue weighted by atomic mass is 15.6. The number of nitrogens with one attached hydrogen (secondary N) is 1. The van der Waals surface area contributed by atoms with E-state index >= 15 is 0 Å². The molecule has 50 valence electrons. The van der Waals surface area contributed by atoms with Crippen molar-refractivity contribution in [3.63, 3.8) is 0 Å². The summed E-state index contributed by atoms with van der Waals surface area (Å²) in [5, 5.41) is 11.0. The lowest BCUT2D eigenvalue weighted by atomic mass is 10.3. The molecule has 1 N–H and O–H groups in total. The van der Waals surface area contributed by atoms with E-state index in [-0.39, 0.29) is 0 Å². The van der Waals surface area contributed by atoms with Gasteiger partial charge in [-0.05, 0) is 0 Å². The minimum atomic E-state index is 0.613. The monoisotopic (exact) mass is 125 g/mol. The van der Waals surface area contributed by atoms with Crippen LogP contribution in [0.1, 0.15) is 6.42 Å². The predicted molar refractivity (Wildman–Crippen MR) is 37.0 cm³/mol. The van der Waals surface area contributed by atoms with E-state index in [2.05, 4.69) is 6.58 Å². The third-order valence-electron chi connectivity index (χ3n) is 1.67. The van der Waals surface area contributed by atoms with Crippen LogP contribution in [0.25, 0.3) is 0 Å². The highest BCUT2D eigenvalue weighted by Gasteiger charge is 2.20. The molecule has 1 rings (SSSR count). The van der Waals surface area contributed by atoms with Gasteiger partial charge in [0.1, 0.15) is 5.84 Å². The average molecular weight is 125 g/mol. The van der Waals surface area contributed by atoms with Gasteiger partial charge in [0.05, 0.1) is 0 Å². The van der Waals surface area contributed by atoms with Gasteiger partial charge in [-0.2, -0.15) is 0 Å². The van der Waals surface area contributed by atoms with Gasteiger partial charge >= 0.3 is 0 Å².